The van der Waals surface area contributed by atoms with Gasteiger partial charge in [0.15, 0.2) is 0 Å². The number of anilines is 6. The third kappa shape index (κ3) is 11.7. The second-order valence-electron chi connectivity index (χ2n) is 30.9. The summed E-state index contributed by atoms with van der Waals surface area (Å²) in [6.45, 7) is 4.69. The molecule has 3 heterocycles. The van der Waals surface area contributed by atoms with Gasteiger partial charge in [0.05, 0.1) is 44.2 Å². The van der Waals surface area contributed by atoms with Crippen LogP contribution in [0.5, 0.6) is 0 Å². The summed E-state index contributed by atoms with van der Waals surface area (Å²) in [6.07, 6.45) is 0. The minimum absolute atomic E-state index is 0.0216. The summed E-state index contributed by atoms with van der Waals surface area (Å²) in [7, 11) is 6.40. The minimum atomic E-state index is -0.436. The zero-order valence-electron chi connectivity index (χ0n) is 65.0. The van der Waals surface area contributed by atoms with Gasteiger partial charge in [-0.05, 0) is 201 Å². The first-order valence-electron chi connectivity index (χ1n) is 39.8. The van der Waals surface area contributed by atoms with Gasteiger partial charge in [-0.15, -0.1) is 0 Å². The van der Waals surface area contributed by atoms with Gasteiger partial charge in [0.1, 0.15) is 0 Å². The van der Waals surface area contributed by atoms with Gasteiger partial charge in [-0.25, -0.2) is 0 Å². The van der Waals surface area contributed by atoms with Crippen LogP contribution >= 0.6 is 0 Å². The van der Waals surface area contributed by atoms with Gasteiger partial charge in [0.25, 0.3) is 0 Å². The Balaban J connectivity index is 0.000000113. The lowest BCUT2D eigenvalue weighted by molar-refractivity contribution is 0.660. The van der Waals surface area contributed by atoms with Crippen molar-refractivity contribution in [2.75, 3.05) is 35.8 Å². The van der Waals surface area contributed by atoms with Crippen molar-refractivity contribution in [3.05, 3.63) is 452 Å². The highest BCUT2D eigenvalue weighted by Gasteiger charge is 2.46. The Morgan fingerprint density at radius 1 is 0.209 bits per heavy atom. The molecule has 20 aromatic rings. The number of hydrogen-bond donors (Lipinski definition) is 0. The molecule has 3 aromatic heterocycles. The summed E-state index contributed by atoms with van der Waals surface area (Å²) < 4.78 is 7.27. The molecule has 0 amide bonds. The fourth-order valence-electron chi connectivity index (χ4n) is 18.7. The minimum Gasteiger partial charge on any atom is -0.345 e. The number of aromatic nitrogens is 3. The van der Waals surface area contributed by atoms with Crippen molar-refractivity contribution in [3.63, 3.8) is 0 Å². The SMILES string of the molecule is CN(c1ccccc1)c1ccc2c(c1)c1ccccc1n2-c1ccc2c(c1)C(C)(C)c1ccccc1-2.CN(c1ccccc1)c1ccc2c(c1)c1ccccc1n2-c1ccc2c(c1)C(c1ccccc1)(c1ccccc1)c1ccccc1-2.CN(c1ccccc1)c1ccc2c(c1)c1ccccc1n2-c1ccccc1-c1ccccc1. The van der Waals surface area contributed by atoms with Crippen molar-refractivity contribution in [1.29, 1.82) is 0 Å². The molecule has 2 aliphatic carbocycles. The van der Waals surface area contributed by atoms with E-state index in [-0.39, 0.29) is 5.41 Å². The summed E-state index contributed by atoms with van der Waals surface area (Å²) in [5.74, 6) is 0. The molecule has 0 saturated carbocycles. The quantitative estimate of drug-likeness (QED) is 0.122. The smallest absolute Gasteiger partial charge is 0.0714 e. The van der Waals surface area contributed by atoms with Crippen LogP contribution in [0.4, 0.5) is 34.1 Å². The second kappa shape index (κ2) is 28.7. The number of hydrogen-bond acceptors (Lipinski definition) is 3. The lowest BCUT2D eigenvalue weighted by Gasteiger charge is -2.34. The van der Waals surface area contributed by atoms with E-state index in [9.17, 15) is 0 Å². The average Bonchev–Trinajstić information content (AvgIpc) is 1.55. The van der Waals surface area contributed by atoms with Gasteiger partial charge in [0, 0.05) is 110 Å². The third-order valence-electron chi connectivity index (χ3n) is 24.3. The van der Waals surface area contributed by atoms with E-state index in [0.717, 1.165) is 11.4 Å². The first-order valence-corrected chi connectivity index (χ1v) is 39.8. The van der Waals surface area contributed by atoms with E-state index in [0.29, 0.717) is 0 Å². The van der Waals surface area contributed by atoms with Crippen LogP contribution in [0.15, 0.2) is 419 Å². The van der Waals surface area contributed by atoms with E-state index in [1.807, 2.05) is 0 Å². The van der Waals surface area contributed by atoms with E-state index in [4.69, 9.17) is 0 Å². The molecule has 0 atom stereocenters. The van der Waals surface area contributed by atoms with Crippen molar-refractivity contribution in [2.45, 2.75) is 24.7 Å². The molecule has 0 spiro atoms. The standard InChI is InChI=1S/C44H32N2.C34H28N2.C31H24N2/c1-45(33-19-9-4-10-20-33)34-26-28-43-39(29-34)38-22-12-14-24-42(38)46(43)35-25-27-37-36-21-11-13-23-40(36)44(41(37)30-35,31-15-5-2-6-16-31)32-17-7-3-8-18-32;1-34(2)30-15-9-7-13-26(30)27-19-17-25(22-31(27)34)36-32-16-10-8-14-28(32)29-21-24(18-20-33(29)36)35(3)23-11-5-4-6-12-23;1-32(24-14-6-3-7-15-24)25-20-21-31-28(22-25)27-17-9-11-19-30(27)33(31)29-18-10-8-16-26(29)23-12-4-2-5-13-23/h2-30H,1H3;4-22H,1-3H3;2-22H,1H3. The first kappa shape index (κ1) is 69.7. The van der Waals surface area contributed by atoms with Gasteiger partial charge in [-0.3, -0.25) is 0 Å². The van der Waals surface area contributed by atoms with Gasteiger partial charge < -0.3 is 28.4 Å². The van der Waals surface area contributed by atoms with E-state index >= 15 is 0 Å². The molecule has 6 nitrogen and oxygen atoms in total. The van der Waals surface area contributed by atoms with E-state index in [1.54, 1.807) is 0 Å². The molecule has 17 aromatic carbocycles. The zero-order valence-corrected chi connectivity index (χ0v) is 65.0. The van der Waals surface area contributed by atoms with Crippen LogP contribution in [-0.4, -0.2) is 34.8 Å². The summed E-state index contributed by atoms with van der Waals surface area (Å²) in [5, 5.41) is 7.57. The van der Waals surface area contributed by atoms with Crippen LogP contribution < -0.4 is 14.7 Å². The van der Waals surface area contributed by atoms with E-state index in [1.165, 1.54) is 172 Å². The Morgan fingerprint density at radius 2 is 0.522 bits per heavy atom. The fourth-order valence-corrected chi connectivity index (χ4v) is 18.7. The van der Waals surface area contributed by atoms with Crippen molar-refractivity contribution in [1.82, 2.24) is 13.7 Å². The van der Waals surface area contributed by atoms with Crippen LogP contribution in [0.3, 0.4) is 0 Å². The maximum Gasteiger partial charge on any atom is 0.0714 e. The molecule has 0 bridgehead atoms. The average molecular weight is 1480 g/mol. The highest BCUT2D eigenvalue weighted by atomic mass is 15.1. The number of para-hydroxylation sites is 7. The fraction of sp³-hybridized carbons (Fsp3) is 0.0642. The predicted molar refractivity (Wildman–Crippen MR) is 486 cm³/mol. The van der Waals surface area contributed by atoms with E-state index in [2.05, 4.69) is 482 Å². The topological polar surface area (TPSA) is 24.5 Å². The van der Waals surface area contributed by atoms with Crippen LogP contribution in [0.2, 0.25) is 0 Å². The third-order valence-corrected chi connectivity index (χ3v) is 24.3. The Hall–Kier alpha value is -14.5. The Labute approximate surface area is 671 Å². The van der Waals surface area contributed by atoms with Crippen LogP contribution in [0.25, 0.3) is 116 Å². The number of fused-ring (bicyclic) bond motifs is 15. The molecule has 2 aliphatic rings. The van der Waals surface area contributed by atoms with Gasteiger partial charge in [-0.2, -0.15) is 0 Å². The molecular formula is C109H84N6. The lowest BCUT2D eigenvalue weighted by Crippen LogP contribution is -2.28. The molecule has 0 radical (unpaired) electrons. The molecule has 6 heteroatoms. The van der Waals surface area contributed by atoms with Crippen LogP contribution in [0, 0.1) is 0 Å². The van der Waals surface area contributed by atoms with Gasteiger partial charge >= 0.3 is 0 Å². The van der Waals surface area contributed by atoms with Crippen molar-refractivity contribution in [3.8, 4) is 50.4 Å². The number of rotatable bonds is 12. The molecule has 0 unspecified atom stereocenters. The normalized spacial score (nSPS) is 12.7. The Bertz CT molecular complexity index is 7000. The van der Waals surface area contributed by atoms with Crippen molar-refractivity contribution < 1.29 is 0 Å². The van der Waals surface area contributed by atoms with Crippen molar-refractivity contribution in [2.24, 2.45) is 0 Å². The predicted octanol–water partition coefficient (Wildman–Crippen LogP) is 28.0. The molecule has 0 saturated heterocycles. The number of benzene rings is 17. The molecule has 0 fully saturated rings. The summed E-state index contributed by atoms with van der Waals surface area (Å²) in [5.41, 5.74) is 33.2. The first-order chi connectivity index (χ1) is 56.6. The maximum absolute atomic E-state index is 2.45. The largest absolute Gasteiger partial charge is 0.345 e. The van der Waals surface area contributed by atoms with Gasteiger partial charge in [-0.1, -0.05) is 293 Å². The van der Waals surface area contributed by atoms with Crippen LogP contribution in [-0.2, 0) is 10.8 Å². The molecule has 0 N–H and O–H groups in total. The van der Waals surface area contributed by atoms with Crippen molar-refractivity contribution >= 4 is 99.5 Å². The monoisotopic (exact) mass is 1480 g/mol. The number of nitrogens with zero attached hydrogens (tertiary/aromatic N) is 6. The summed E-state index contributed by atoms with van der Waals surface area (Å²) >= 11 is 0. The Morgan fingerprint density at radius 3 is 0.974 bits per heavy atom. The van der Waals surface area contributed by atoms with Crippen LogP contribution in [0.1, 0.15) is 47.2 Å². The molecule has 0 aliphatic heterocycles. The van der Waals surface area contributed by atoms with E-state index < -0.39 is 5.41 Å². The molecule has 22 rings (SSSR count). The highest BCUT2D eigenvalue weighted by Crippen LogP contribution is 2.57. The molecule has 115 heavy (non-hydrogen) atoms. The summed E-state index contributed by atoms with van der Waals surface area (Å²) in [4.78, 5) is 6.75. The van der Waals surface area contributed by atoms with Gasteiger partial charge in [0.2, 0.25) is 0 Å². The highest BCUT2D eigenvalue weighted by molar-refractivity contribution is 6.13. The maximum atomic E-state index is 2.45. The second-order valence-corrected chi connectivity index (χ2v) is 30.9. The lowest BCUT2D eigenvalue weighted by atomic mass is 9.67. The Kier molecular flexibility index (Phi) is 17.4. The molecule has 550 valence electrons. The summed E-state index contributed by atoms with van der Waals surface area (Å²) in [6, 6.07) is 152. The zero-order chi connectivity index (χ0) is 77.3. The molecular weight excluding hydrogens is 1390 g/mol.